The average molecular weight is 325 g/mol. The zero-order chi connectivity index (χ0) is 13.8. The predicted molar refractivity (Wildman–Crippen MR) is 73.6 cm³/mol. The van der Waals surface area contributed by atoms with Crippen LogP contribution in [0.5, 0.6) is 0 Å². The van der Waals surface area contributed by atoms with E-state index in [0.29, 0.717) is 18.7 Å². The average Bonchev–Trinajstić information content (AvgIpc) is 2.41. The van der Waals surface area contributed by atoms with Crippen molar-refractivity contribution in [3.63, 3.8) is 0 Å². The van der Waals surface area contributed by atoms with E-state index in [0.717, 1.165) is 4.47 Å². The van der Waals surface area contributed by atoms with Gasteiger partial charge >= 0.3 is 5.97 Å². The number of nitrogens with one attached hydrogen (secondary N) is 1. The maximum atomic E-state index is 12.1. The standard InChI is InChI=1S/C13H13BrN2O3/c14-8-5-6-11(15-7-8)16-12(17)9-3-1-2-4-10(9)13(18)19/h1-2,5-7,9-10H,3-4H2,(H,18,19)(H,15,16,17)/t9-,10+/m1/s1. The Balaban J connectivity index is 2.08. The van der Waals surface area contributed by atoms with Gasteiger partial charge < -0.3 is 10.4 Å². The van der Waals surface area contributed by atoms with Crippen molar-refractivity contribution in [2.75, 3.05) is 5.32 Å². The molecule has 0 saturated heterocycles. The van der Waals surface area contributed by atoms with Crippen LogP contribution in [-0.2, 0) is 9.59 Å². The van der Waals surface area contributed by atoms with Gasteiger partial charge in [0.1, 0.15) is 5.82 Å². The van der Waals surface area contributed by atoms with E-state index in [-0.39, 0.29) is 5.91 Å². The van der Waals surface area contributed by atoms with Crippen molar-refractivity contribution in [3.8, 4) is 0 Å². The summed E-state index contributed by atoms with van der Waals surface area (Å²) in [4.78, 5) is 27.3. The zero-order valence-corrected chi connectivity index (χ0v) is 11.6. The molecule has 0 radical (unpaired) electrons. The first-order chi connectivity index (χ1) is 9.08. The van der Waals surface area contributed by atoms with Crippen LogP contribution in [0.4, 0.5) is 5.82 Å². The molecule has 2 N–H and O–H groups in total. The van der Waals surface area contributed by atoms with Crippen molar-refractivity contribution in [3.05, 3.63) is 35.0 Å². The van der Waals surface area contributed by atoms with E-state index < -0.39 is 17.8 Å². The Morgan fingerprint density at radius 1 is 1.26 bits per heavy atom. The number of aliphatic carboxylic acids is 1. The highest BCUT2D eigenvalue weighted by molar-refractivity contribution is 9.10. The van der Waals surface area contributed by atoms with Gasteiger partial charge in [0.2, 0.25) is 5.91 Å². The SMILES string of the molecule is O=C(O)[C@H]1CC=CC[C@H]1C(=O)Nc1ccc(Br)cn1. The summed E-state index contributed by atoms with van der Waals surface area (Å²) in [6.07, 6.45) is 6.06. The van der Waals surface area contributed by atoms with Crippen molar-refractivity contribution in [1.29, 1.82) is 0 Å². The van der Waals surface area contributed by atoms with Gasteiger partial charge in [-0.15, -0.1) is 0 Å². The summed E-state index contributed by atoms with van der Waals surface area (Å²) in [5, 5.41) is 11.8. The number of hydrogen-bond donors (Lipinski definition) is 2. The number of pyridine rings is 1. The summed E-state index contributed by atoms with van der Waals surface area (Å²) in [6, 6.07) is 3.43. The Bertz CT molecular complexity index is 513. The predicted octanol–water partition coefficient (Wildman–Crippen LogP) is 2.45. The number of carbonyl (C=O) groups is 2. The molecule has 19 heavy (non-hydrogen) atoms. The number of allylic oxidation sites excluding steroid dienone is 2. The molecular weight excluding hydrogens is 312 g/mol. The molecule has 0 saturated carbocycles. The molecule has 1 aromatic rings. The minimum absolute atomic E-state index is 0.299. The molecule has 1 aromatic heterocycles. The van der Waals surface area contributed by atoms with Crippen LogP contribution in [0.15, 0.2) is 35.0 Å². The molecule has 0 aromatic carbocycles. The number of nitrogens with zero attached hydrogens (tertiary/aromatic N) is 1. The zero-order valence-electron chi connectivity index (χ0n) is 10.0. The molecule has 0 spiro atoms. The van der Waals surface area contributed by atoms with Gasteiger partial charge in [-0.3, -0.25) is 9.59 Å². The minimum Gasteiger partial charge on any atom is -0.481 e. The molecule has 6 heteroatoms. The van der Waals surface area contributed by atoms with Crippen molar-refractivity contribution in [2.24, 2.45) is 11.8 Å². The van der Waals surface area contributed by atoms with Gasteiger partial charge in [0.05, 0.1) is 11.8 Å². The second kappa shape index (κ2) is 5.97. The fourth-order valence-corrected chi connectivity index (χ4v) is 2.28. The Morgan fingerprint density at radius 3 is 2.53 bits per heavy atom. The second-order valence-corrected chi connectivity index (χ2v) is 5.26. The van der Waals surface area contributed by atoms with Gasteiger partial charge in [-0.2, -0.15) is 0 Å². The maximum absolute atomic E-state index is 12.1. The maximum Gasteiger partial charge on any atom is 0.307 e. The number of halogens is 1. The topological polar surface area (TPSA) is 79.3 Å². The minimum atomic E-state index is -0.937. The van der Waals surface area contributed by atoms with Crippen molar-refractivity contribution >= 4 is 33.6 Å². The Hall–Kier alpha value is -1.69. The van der Waals surface area contributed by atoms with E-state index in [1.54, 1.807) is 24.4 Å². The van der Waals surface area contributed by atoms with E-state index in [1.807, 2.05) is 6.08 Å². The molecule has 2 rings (SSSR count). The van der Waals surface area contributed by atoms with E-state index in [1.165, 1.54) is 0 Å². The summed E-state index contributed by atoms with van der Waals surface area (Å²) in [5.41, 5.74) is 0. The number of carbonyl (C=O) groups excluding carboxylic acids is 1. The van der Waals surface area contributed by atoms with Crippen LogP contribution in [0.25, 0.3) is 0 Å². The lowest BCUT2D eigenvalue weighted by atomic mass is 9.82. The van der Waals surface area contributed by atoms with Gasteiger partial charge in [0, 0.05) is 10.7 Å². The van der Waals surface area contributed by atoms with Gasteiger partial charge in [-0.25, -0.2) is 4.98 Å². The Morgan fingerprint density at radius 2 is 1.95 bits per heavy atom. The fourth-order valence-electron chi connectivity index (χ4n) is 2.05. The van der Waals surface area contributed by atoms with E-state index in [4.69, 9.17) is 5.11 Å². The first-order valence-electron chi connectivity index (χ1n) is 5.88. The third kappa shape index (κ3) is 3.41. The largest absolute Gasteiger partial charge is 0.481 e. The lowest BCUT2D eigenvalue weighted by molar-refractivity contribution is -0.146. The second-order valence-electron chi connectivity index (χ2n) is 4.34. The van der Waals surface area contributed by atoms with Crippen molar-refractivity contribution in [2.45, 2.75) is 12.8 Å². The van der Waals surface area contributed by atoms with Crippen LogP contribution < -0.4 is 5.32 Å². The van der Waals surface area contributed by atoms with Crippen LogP contribution >= 0.6 is 15.9 Å². The molecule has 2 atom stereocenters. The van der Waals surface area contributed by atoms with Gasteiger partial charge in [0.25, 0.3) is 0 Å². The van der Waals surface area contributed by atoms with Crippen molar-refractivity contribution < 1.29 is 14.7 Å². The molecule has 0 unspecified atom stereocenters. The number of carboxylic acid groups (broad SMARTS) is 1. The van der Waals surface area contributed by atoms with Gasteiger partial charge in [-0.05, 0) is 40.9 Å². The third-order valence-electron chi connectivity index (χ3n) is 3.07. The number of carboxylic acids is 1. The number of hydrogen-bond acceptors (Lipinski definition) is 3. The van der Waals surface area contributed by atoms with Crippen LogP contribution in [0.3, 0.4) is 0 Å². The molecular formula is C13H13BrN2O3. The molecule has 5 nitrogen and oxygen atoms in total. The molecule has 0 aliphatic heterocycles. The first-order valence-corrected chi connectivity index (χ1v) is 6.67. The summed E-state index contributed by atoms with van der Waals surface area (Å²) in [7, 11) is 0. The Kier molecular flexibility index (Phi) is 4.31. The van der Waals surface area contributed by atoms with E-state index in [9.17, 15) is 9.59 Å². The normalized spacial score (nSPS) is 21.9. The lowest BCUT2D eigenvalue weighted by Crippen LogP contribution is -2.34. The van der Waals surface area contributed by atoms with Crippen LogP contribution in [-0.4, -0.2) is 22.0 Å². The van der Waals surface area contributed by atoms with Gasteiger partial charge in [0.15, 0.2) is 0 Å². The van der Waals surface area contributed by atoms with Crippen LogP contribution in [0, 0.1) is 11.8 Å². The molecule has 0 fully saturated rings. The highest BCUT2D eigenvalue weighted by Gasteiger charge is 2.33. The molecule has 1 aliphatic rings. The van der Waals surface area contributed by atoms with Crippen molar-refractivity contribution in [1.82, 2.24) is 4.98 Å². The van der Waals surface area contributed by atoms with Crippen LogP contribution in [0.1, 0.15) is 12.8 Å². The number of anilines is 1. The lowest BCUT2D eigenvalue weighted by Gasteiger charge is -2.23. The molecule has 1 aliphatic carbocycles. The monoisotopic (exact) mass is 324 g/mol. The smallest absolute Gasteiger partial charge is 0.307 e. The first kappa shape index (κ1) is 13.7. The van der Waals surface area contributed by atoms with E-state index >= 15 is 0 Å². The number of amides is 1. The highest BCUT2D eigenvalue weighted by Crippen LogP contribution is 2.27. The summed E-state index contributed by atoms with van der Waals surface area (Å²) >= 11 is 3.25. The molecule has 0 bridgehead atoms. The quantitative estimate of drug-likeness (QED) is 0.837. The fraction of sp³-hybridized carbons (Fsp3) is 0.308. The van der Waals surface area contributed by atoms with Crippen LogP contribution in [0.2, 0.25) is 0 Å². The highest BCUT2D eigenvalue weighted by atomic mass is 79.9. The van der Waals surface area contributed by atoms with Gasteiger partial charge in [-0.1, -0.05) is 12.2 Å². The van der Waals surface area contributed by atoms with E-state index in [2.05, 4.69) is 26.2 Å². The summed E-state index contributed by atoms with van der Waals surface area (Å²) in [6.45, 7) is 0. The molecule has 1 heterocycles. The molecule has 1 amide bonds. The number of rotatable bonds is 3. The summed E-state index contributed by atoms with van der Waals surface area (Å²) in [5.74, 6) is -2.03. The summed E-state index contributed by atoms with van der Waals surface area (Å²) < 4.78 is 0.814. The Labute approximate surface area is 118 Å². The third-order valence-corrected chi connectivity index (χ3v) is 3.53. The molecule has 100 valence electrons. The number of aromatic nitrogens is 1.